The molecule has 3 aromatic carbocycles. The molecule has 0 aliphatic carbocycles. The minimum Gasteiger partial charge on any atom is -0.246 e. The summed E-state index contributed by atoms with van der Waals surface area (Å²) in [5, 5.41) is 10.1. The summed E-state index contributed by atoms with van der Waals surface area (Å²) in [6, 6.07) is 22.7. The van der Waals surface area contributed by atoms with E-state index in [1.165, 1.54) is 4.31 Å². The van der Waals surface area contributed by atoms with Crippen LogP contribution in [0.1, 0.15) is 6.04 Å². The van der Waals surface area contributed by atoms with Crippen LogP contribution >= 0.6 is 0 Å². The van der Waals surface area contributed by atoms with Gasteiger partial charge < -0.3 is 0 Å². The molecule has 0 saturated carbocycles. The molecule has 1 aliphatic heterocycles. The Balaban J connectivity index is 1.37. The highest BCUT2D eigenvalue weighted by Crippen LogP contribution is 2.32. The second-order valence-corrected chi connectivity index (χ2v) is 8.81. The molecule has 4 aromatic rings. The number of aromatic nitrogens is 3. The van der Waals surface area contributed by atoms with E-state index in [0.29, 0.717) is 18.0 Å². The first kappa shape index (κ1) is 17.1. The van der Waals surface area contributed by atoms with E-state index in [1.807, 2.05) is 66.9 Å². The summed E-state index contributed by atoms with van der Waals surface area (Å²) < 4.78 is 29.5. The quantitative estimate of drug-likeness (QED) is 0.536. The molecule has 2 heterocycles. The Kier molecular flexibility index (Phi) is 3.99. The van der Waals surface area contributed by atoms with E-state index in [4.69, 9.17) is 0 Å². The molecule has 5 rings (SSSR count). The predicted octanol–water partition coefficient (Wildman–Crippen LogP) is 3.34. The zero-order valence-electron chi connectivity index (χ0n) is 15.0. The molecular weight excluding hydrogens is 372 g/mol. The van der Waals surface area contributed by atoms with Gasteiger partial charge in [0.05, 0.1) is 17.1 Å². The third-order valence-corrected chi connectivity index (χ3v) is 7.04. The van der Waals surface area contributed by atoms with Gasteiger partial charge in [0.1, 0.15) is 5.69 Å². The van der Waals surface area contributed by atoms with Gasteiger partial charge in [-0.25, -0.2) is 13.1 Å². The molecule has 0 radical (unpaired) electrons. The van der Waals surface area contributed by atoms with Gasteiger partial charge in [-0.05, 0) is 11.5 Å². The van der Waals surface area contributed by atoms with Crippen LogP contribution < -0.4 is 0 Å². The maximum Gasteiger partial charge on any atom is 0.243 e. The Morgan fingerprint density at radius 2 is 1.57 bits per heavy atom. The second kappa shape index (κ2) is 6.54. The molecule has 1 fully saturated rings. The Labute approximate surface area is 163 Å². The van der Waals surface area contributed by atoms with Crippen LogP contribution in [0.15, 0.2) is 83.9 Å². The van der Waals surface area contributed by atoms with Gasteiger partial charge in [0, 0.05) is 24.0 Å². The van der Waals surface area contributed by atoms with Gasteiger partial charge in [-0.1, -0.05) is 71.9 Å². The highest BCUT2D eigenvalue weighted by molar-refractivity contribution is 7.89. The Morgan fingerprint density at radius 3 is 2.39 bits per heavy atom. The van der Waals surface area contributed by atoms with Crippen LogP contribution in [0.3, 0.4) is 0 Å². The Bertz CT molecular complexity index is 1240. The number of sulfonamides is 1. The van der Waals surface area contributed by atoms with E-state index in [-0.39, 0.29) is 6.04 Å². The predicted molar refractivity (Wildman–Crippen MR) is 107 cm³/mol. The lowest BCUT2D eigenvalue weighted by molar-refractivity contribution is 0.189. The molecular formula is C21H18N4O2S. The van der Waals surface area contributed by atoms with Gasteiger partial charge in [0.15, 0.2) is 0 Å². The molecule has 7 heteroatoms. The maximum atomic E-state index is 13.1. The van der Waals surface area contributed by atoms with Crippen molar-refractivity contribution in [1.29, 1.82) is 0 Å². The molecule has 1 aromatic heterocycles. The summed E-state index contributed by atoms with van der Waals surface area (Å²) in [7, 11) is -3.54. The van der Waals surface area contributed by atoms with Crippen molar-refractivity contribution in [2.45, 2.75) is 10.9 Å². The Morgan fingerprint density at radius 1 is 0.857 bits per heavy atom. The number of rotatable bonds is 4. The van der Waals surface area contributed by atoms with Crippen molar-refractivity contribution < 1.29 is 8.42 Å². The van der Waals surface area contributed by atoms with Crippen molar-refractivity contribution in [2.75, 3.05) is 13.1 Å². The van der Waals surface area contributed by atoms with Gasteiger partial charge in [-0.2, -0.15) is 4.31 Å². The van der Waals surface area contributed by atoms with E-state index in [9.17, 15) is 8.42 Å². The topological polar surface area (TPSA) is 68.1 Å². The van der Waals surface area contributed by atoms with Crippen molar-refractivity contribution in [3.8, 4) is 11.3 Å². The fourth-order valence-corrected chi connectivity index (χ4v) is 5.27. The first-order valence-electron chi connectivity index (χ1n) is 9.08. The third kappa shape index (κ3) is 2.80. The highest BCUT2D eigenvalue weighted by atomic mass is 32.2. The number of hydrogen-bond donors (Lipinski definition) is 0. The fourth-order valence-electron chi connectivity index (χ4n) is 3.54. The molecule has 28 heavy (non-hydrogen) atoms. The average molecular weight is 390 g/mol. The molecule has 140 valence electrons. The van der Waals surface area contributed by atoms with Crippen molar-refractivity contribution in [3.05, 3.63) is 79.0 Å². The van der Waals surface area contributed by atoms with Crippen LogP contribution in [0, 0.1) is 0 Å². The molecule has 0 spiro atoms. The van der Waals surface area contributed by atoms with Crippen LogP contribution in [0.5, 0.6) is 0 Å². The number of fused-ring (bicyclic) bond motifs is 1. The fraction of sp³-hybridized carbons (Fsp3) is 0.143. The summed E-state index contributed by atoms with van der Waals surface area (Å²) in [4.78, 5) is 0.354. The van der Waals surface area contributed by atoms with Crippen LogP contribution in [0.2, 0.25) is 0 Å². The molecule has 0 bridgehead atoms. The monoisotopic (exact) mass is 390 g/mol. The summed E-state index contributed by atoms with van der Waals surface area (Å²) in [5.74, 6) is 0. The van der Waals surface area contributed by atoms with Crippen molar-refractivity contribution in [2.24, 2.45) is 0 Å². The van der Waals surface area contributed by atoms with Crippen LogP contribution in [-0.2, 0) is 10.0 Å². The van der Waals surface area contributed by atoms with E-state index >= 15 is 0 Å². The van der Waals surface area contributed by atoms with Crippen molar-refractivity contribution >= 4 is 20.8 Å². The van der Waals surface area contributed by atoms with Gasteiger partial charge in [0.2, 0.25) is 10.0 Å². The zero-order chi connectivity index (χ0) is 19.1. The molecule has 0 unspecified atom stereocenters. The minimum atomic E-state index is -3.54. The van der Waals surface area contributed by atoms with Gasteiger partial charge in [-0.3, -0.25) is 0 Å². The average Bonchev–Trinajstić information content (AvgIpc) is 3.16. The largest absolute Gasteiger partial charge is 0.246 e. The second-order valence-electron chi connectivity index (χ2n) is 6.90. The number of benzene rings is 3. The lowest BCUT2D eigenvalue weighted by Gasteiger charge is -2.37. The van der Waals surface area contributed by atoms with Gasteiger partial charge in [0.25, 0.3) is 0 Å². The number of nitrogens with zero attached hydrogens (tertiary/aromatic N) is 4. The van der Waals surface area contributed by atoms with E-state index < -0.39 is 10.0 Å². The van der Waals surface area contributed by atoms with E-state index in [1.54, 1.807) is 16.8 Å². The van der Waals surface area contributed by atoms with E-state index in [2.05, 4.69) is 10.3 Å². The lowest BCUT2D eigenvalue weighted by atomic mass is 10.1. The summed E-state index contributed by atoms with van der Waals surface area (Å²) in [6.07, 6.45) is 1.88. The first-order chi connectivity index (χ1) is 13.6. The summed E-state index contributed by atoms with van der Waals surface area (Å²) in [5.41, 5.74) is 1.78. The minimum absolute atomic E-state index is 0.00489. The standard InChI is InChI=1S/C21H18N4O2S/c26-28(27,21-12-6-10-16-7-4-5-11-19(16)21)24-13-18(14-24)25-15-20(22-23-25)17-8-2-1-3-9-17/h1-12,15,18H,13-14H2. The normalized spacial score (nSPS) is 15.6. The van der Waals surface area contributed by atoms with Gasteiger partial charge in [-0.15, -0.1) is 5.10 Å². The molecule has 0 N–H and O–H groups in total. The maximum absolute atomic E-state index is 13.1. The smallest absolute Gasteiger partial charge is 0.243 e. The molecule has 0 amide bonds. The lowest BCUT2D eigenvalue weighted by Crippen LogP contribution is -2.50. The highest BCUT2D eigenvalue weighted by Gasteiger charge is 2.39. The molecule has 1 aliphatic rings. The molecule has 0 atom stereocenters. The number of hydrogen-bond acceptors (Lipinski definition) is 4. The van der Waals surface area contributed by atoms with Crippen molar-refractivity contribution in [1.82, 2.24) is 19.3 Å². The summed E-state index contributed by atoms with van der Waals surface area (Å²) >= 11 is 0. The summed E-state index contributed by atoms with van der Waals surface area (Å²) in [6.45, 7) is 0.784. The third-order valence-electron chi connectivity index (χ3n) is 5.15. The first-order valence-corrected chi connectivity index (χ1v) is 10.5. The van der Waals surface area contributed by atoms with Gasteiger partial charge >= 0.3 is 0 Å². The van der Waals surface area contributed by atoms with E-state index in [0.717, 1.165) is 22.0 Å². The van der Waals surface area contributed by atoms with Crippen LogP contribution in [0.4, 0.5) is 0 Å². The van der Waals surface area contributed by atoms with Crippen LogP contribution in [-0.4, -0.2) is 40.8 Å². The molecule has 1 saturated heterocycles. The Hall–Kier alpha value is -3.03. The van der Waals surface area contributed by atoms with Crippen molar-refractivity contribution in [3.63, 3.8) is 0 Å². The molecule has 6 nitrogen and oxygen atoms in total. The SMILES string of the molecule is O=S(=O)(c1cccc2ccccc12)N1CC(n2cc(-c3ccccc3)nn2)C1. The zero-order valence-corrected chi connectivity index (χ0v) is 15.8. The van der Waals surface area contributed by atoms with Crippen LogP contribution in [0.25, 0.3) is 22.0 Å².